The summed E-state index contributed by atoms with van der Waals surface area (Å²) < 4.78 is 26.7. The summed E-state index contributed by atoms with van der Waals surface area (Å²) in [6.45, 7) is 1.95. The third-order valence-corrected chi connectivity index (χ3v) is 4.41. The molecule has 0 bridgehead atoms. The van der Waals surface area contributed by atoms with E-state index in [4.69, 9.17) is 0 Å². The first-order valence-electron chi connectivity index (χ1n) is 4.82. The SMILES string of the molecule is Cc1ccnc(Sc2ccc(F)c(F)c2)c1Br. The molecule has 2 rings (SSSR count). The Labute approximate surface area is 110 Å². The van der Waals surface area contributed by atoms with Crippen molar-refractivity contribution in [2.45, 2.75) is 16.8 Å². The molecule has 2 aromatic rings. The molecule has 0 amide bonds. The van der Waals surface area contributed by atoms with Gasteiger partial charge in [0, 0.05) is 11.1 Å². The topological polar surface area (TPSA) is 12.9 Å². The molecule has 17 heavy (non-hydrogen) atoms. The second kappa shape index (κ2) is 5.14. The van der Waals surface area contributed by atoms with Gasteiger partial charge in [0.05, 0.1) is 4.47 Å². The molecule has 0 unspecified atom stereocenters. The first-order chi connectivity index (χ1) is 8.08. The number of halogens is 3. The van der Waals surface area contributed by atoms with E-state index in [1.165, 1.54) is 17.8 Å². The number of aromatic nitrogens is 1. The zero-order valence-corrected chi connectivity index (χ0v) is 11.3. The number of hydrogen-bond acceptors (Lipinski definition) is 2. The van der Waals surface area contributed by atoms with Gasteiger partial charge >= 0.3 is 0 Å². The lowest BCUT2D eigenvalue weighted by Gasteiger charge is -2.05. The Hall–Kier alpha value is -0.940. The number of benzene rings is 1. The molecular weight excluding hydrogens is 308 g/mol. The van der Waals surface area contributed by atoms with Crippen molar-refractivity contribution < 1.29 is 8.78 Å². The van der Waals surface area contributed by atoms with E-state index in [0.717, 1.165) is 27.2 Å². The zero-order valence-electron chi connectivity index (χ0n) is 8.88. The molecule has 0 spiro atoms. The van der Waals surface area contributed by atoms with Crippen molar-refractivity contribution in [1.29, 1.82) is 0 Å². The fraction of sp³-hybridized carbons (Fsp3) is 0.0833. The first-order valence-corrected chi connectivity index (χ1v) is 6.43. The van der Waals surface area contributed by atoms with Crippen LogP contribution in [0.4, 0.5) is 8.78 Å². The molecular formula is C12H8BrF2NS. The van der Waals surface area contributed by atoms with Crippen molar-refractivity contribution in [3.05, 3.63) is 52.1 Å². The first kappa shape index (κ1) is 12.5. The van der Waals surface area contributed by atoms with Crippen molar-refractivity contribution in [3.63, 3.8) is 0 Å². The predicted octanol–water partition coefficient (Wildman–Crippen LogP) is 4.58. The van der Waals surface area contributed by atoms with E-state index in [2.05, 4.69) is 20.9 Å². The lowest BCUT2D eigenvalue weighted by atomic mass is 10.3. The zero-order chi connectivity index (χ0) is 12.4. The minimum Gasteiger partial charge on any atom is -0.248 e. The Balaban J connectivity index is 2.31. The van der Waals surface area contributed by atoms with Gasteiger partial charge in [-0.1, -0.05) is 11.8 Å². The number of hydrogen-bond donors (Lipinski definition) is 0. The van der Waals surface area contributed by atoms with Crippen LogP contribution >= 0.6 is 27.7 Å². The molecule has 1 aromatic heterocycles. The van der Waals surface area contributed by atoms with E-state index in [9.17, 15) is 8.78 Å². The van der Waals surface area contributed by atoms with Gasteiger partial charge in [0.1, 0.15) is 5.03 Å². The Morgan fingerprint density at radius 1 is 1.18 bits per heavy atom. The Bertz CT molecular complexity index is 560. The summed E-state index contributed by atoms with van der Waals surface area (Å²) in [5.41, 5.74) is 1.05. The molecule has 0 N–H and O–H groups in total. The van der Waals surface area contributed by atoms with Gasteiger partial charge in [0.15, 0.2) is 11.6 Å². The smallest absolute Gasteiger partial charge is 0.159 e. The van der Waals surface area contributed by atoms with Crippen LogP contribution in [-0.2, 0) is 0 Å². The number of pyridine rings is 1. The highest BCUT2D eigenvalue weighted by Crippen LogP contribution is 2.33. The van der Waals surface area contributed by atoms with Crippen LogP contribution in [-0.4, -0.2) is 4.98 Å². The summed E-state index contributed by atoms with van der Waals surface area (Å²) in [4.78, 5) is 4.80. The summed E-state index contributed by atoms with van der Waals surface area (Å²) in [6, 6.07) is 5.68. The molecule has 0 fully saturated rings. The highest BCUT2D eigenvalue weighted by atomic mass is 79.9. The predicted molar refractivity (Wildman–Crippen MR) is 67.2 cm³/mol. The molecule has 88 valence electrons. The van der Waals surface area contributed by atoms with Crippen LogP contribution in [0.5, 0.6) is 0 Å². The molecule has 0 aliphatic heterocycles. The quantitative estimate of drug-likeness (QED) is 0.804. The number of nitrogens with zero attached hydrogens (tertiary/aromatic N) is 1. The van der Waals surface area contributed by atoms with Gasteiger partial charge in [-0.3, -0.25) is 0 Å². The van der Waals surface area contributed by atoms with Gasteiger partial charge in [-0.15, -0.1) is 0 Å². The molecule has 0 saturated carbocycles. The second-order valence-corrected chi connectivity index (χ2v) is 5.28. The van der Waals surface area contributed by atoms with Crippen LogP contribution in [0.15, 0.2) is 44.9 Å². The summed E-state index contributed by atoms with van der Waals surface area (Å²) in [7, 11) is 0. The number of aryl methyl sites for hydroxylation is 1. The van der Waals surface area contributed by atoms with E-state index in [-0.39, 0.29) is 0 Å². The molecule has 1 aromatic carbocycles. The van der Waals surface area contributed by atoms with Crippen LogP contribution in [0, 0.1) is 18.6 Å². The van der Waals surface area contributed by atoms with Crippen molar-refractivity contribution in [2.75, 3.05) is 0 Å². The average molecular weight is 316 g/mol. The van der Waals surface area contributed by atoms with Crippen molar-refractivity contribution in [3.8, 4) is 0 Å². The summed E-state index contributed by atoms with van der Waals surface area (Å²) in [6.07, 6.45) is 1.68. The molecule has 0 atom stereocenters. The fourth-order valence-corrected chi connectivity index (χ4v) is 2.60. The summed E-state index contributed by atoms with van der Waals surface area (Å²) >= 11 is 4.71. The van der Waals surface area contributed by atoms with Gasteiger partial charge in [0.2, 0.25) is 0 Å². The van der Waals surface area contributed by atoms with Crippen LogP contribution in [0.2, 0.25) is 0 Å². The lowest BCUT2D eigenvalue weighted by molar-refractivity contribution is 0.506. The van der Waals surface area contributed by atoms with Crippen LogP contribution < -0.4 is 0 Å². The Morgan fingerprint density at radius 2 is 1.94 bits per heavy atom. The molecule has 0 aliphatic carbocycles. The standard InChI is InChI=1S/C12H8BrF2NS/c1-7-4-5-16-12(11(7)13)17-8-2-3-9(14)10(15)6-8/h2-6H,1H3. The van der Waals surface area contributed by atoms with Gasteiger partial charge in [-0.25, -0.2) is 13.8 Å². The monoisotopic (exact) mass is 315 g/mol. The van der Waals surface area contributed by atoms with Crippen molar-refractivity contribution in [2.24, 2.45) is 0 Å². The highest BCUT2D eigenvalue weighted by Gasteiger charge is 2.08. The maximum Gasteiger partial charge on any atom is 0.159 e. The highest BCUT2D eigenvalue weighted by molar-refractivity contribution is 9.10. The van der Waals surface area contributed by atoms with Gasteiger partial charge in [0.25, 0.3) is 0 Å². The van der Waals surface area contributed by atoms with Crippen LogP contribution in [0.1, 0.15) is 5.56 Å². The lowest BCUT2D eigenvalue weighted by Crippen LogP contribution is -1.87. The minimum atomic E-state index is -0.848. The number of rotatable bonds is 2. The van der Waals surface area contributed by atoms with E-state index < -0.39 is 11.6 Å². The van der Waals surface area contributed by atoms with Gasteiger partial charge in [-0.2, -0.15) is 0 Å². The maximum absolute atomic E-state index is 13.0. The molecule has 1 nitrogen and oxygen atoms in total. The van der Waals surface area contributed by atoms with Crippen molar-refractivity contribution >= 4 is 27.7 Å². The summed E-state index contributed by atoms with van der Waals surface area (Å²) in [5.74, 6) is -1.69. The van der Waals surface area contributed by atoms with E-state index in [1.54, 1.807) is 6.20 Å². The van der Waals surface area contributed by atoms with Crippen LogP contribution in [0.25, 0.3) is 0 Å². The minimum absolute atomic E-state index is 0.614. The molecule has 0 radical (unpaired) electrons. The van der Waals surface area contributed by atoms with Crippen LogP contribution in [0.3, 0.4) is 0 Å². The molecule has 1 heterocycles. The van der Waals surface area contributed by atoms with E-state index in [1.807, 2.05) is 13.0 Å². The Kier molecular flexibility index (Phi) is 3.79. The normalized spacial score (nSPS) is 10.6. The fourth-order valence-electron chi connectivity index (χ4n) is 1.24. The second-order valence-electron chi connectivity index (χ2n) is 3.42. The Morgan fingerprint density at radius 3 is 2.65 bits per heavy atom. The maximum atomic E-state index is 13.0. The average Bonchev–Trinajstić information content (AvgIpc) is 2.30. The van der Waals surface area contributed by atoms with E-state index >= 15 is 0 Å². The molecule has 5 heteroatoms. The van der Waals surface area contributed by atoms with Gasteiger partial charge in [-0.05, 0) is 52.7 Å². The molecule has 0 aliphatic rings. The third kappa shape index (κ3) is 2.84. The third-order valence-electron chi connectivity index (χ3n) is 2.16. The van der Waals surface area contributed by atoms with E-state index in [0.29, 0.717) is 4.90 Å². The molecule has 0 saturated heterocycles. The van der Waals surface area contributed by atoms with Crippen molar-refractivity contribution in [1.82, 2.24) is 4.98 Å². The van der Waals surface area contributed by atoms with Gasteiger partial charge < -0.3 is 0 Å². The summed E-state index contributed by atoms with van der Waals surface area (Å²) in [5, 5.41) is 0.732. The largest absolute Gasteiger partial charge is 0.248 e.